The van der Waals surface area contributed by atoms with Gasteiger partial charge in [0, 0.05) is 5.56 Å². The van der Waals surface area contributed by atoms with Crippen molar-refractivity contribution in [2.24, 2.45) is 0 Å². The lowest BCUT2D eigenvalue weighted by Gasteiger charge is -2.07. The number of esters is 1. The largest absolute Gasteiger partial charge is 0.454 e. The molecular weight excluding hydrogens is 302 g/mol. The fourth-order valence-corrected chi connectivity index (χ4v) is 2.72. The molecule has 3 nitrogen and oxygen atoms in total. The van der Waals surface area contributed by atoms with Crippen LogP contribution in [-0.2, 0) is 17.6 Å². The van der Waals surface area contributed by atoms with E-state index in [9.17, 15) is 18.4 Å². The maximum Gasteiger partial charge on any atom is 0.344 e. The number of carbonyl (C=O) groups is 2. The van der Waals surface area contributed by atoms with Gasteiger partial charge in [0.2, 0.25) is 0 Å². The van der Waals surface area contributed by atoms with E-state index in [1.54, 1.807) is 12.1 Å². The number of aryl methyl sites for hydroxylation is 2. The summed E-state index contributed by atoms with van der Waals surface area (Å²) in [5.41, 5.74) is 2.01. The fraction of sp³-hybridized carbons (Fsp3) is 0.222. The van der Waals surface area contributed by atoms with Crippen LogP contribution in [0.25, 0.3) is 0 Å². The second-order valence-corrected chi connectivity index (χ2v) is 5.43. The van der Waals surface area contributed by atoms with E-state index in [1.165, 1.54) is 5.56 Å². The Morgan fingerprint density at radius 3 is 2.43 bits per heavy atom. The lowest BCUT2D eigenvalue weighted by molar-refractivity contribution is 0.0465. The summed E-state index contributed by atoms with van der Waals surface area (Å²) in [5.74, 6) is -3.61. The smallest absolute Gasteiger partial charge is 0.344 e. The molecular formula is C18H14F2O3. The van der Waals surface area contributed by atoms with Crippen molar-refractivity contribution < 1.29 is 23.1 Å². The lowest BCUT2D eigenvalue weighted by Crippen LogP contribution is -2.16. The van der Waals surface area contributed by atoms with Crippen LogP contribution in [0.2, 0.25) is 0 Å². The molecule has 0 atom stereocenters. The molecule has 2 aromatic rings. The van der Waals surface area contributed by atoms with Crippen LogP contribution in [0.4, 0.5) is 8.78 Å². The number of hydrogen-bond acceptors (Lipinski definition) is 3. The van der Waals surface area contributed by atoms with Crippen molar-refractivity contribution in [2.45, 2.75) is 19.3 Å². The third kappa shape index (κ3) is 3.13. The number of Topliss-reactive ketones (excluding diaryl/α,β-unsaturated/α-hetero) is 1. The molecule has 1 aliphatic rings. The molecule has 3 rings (SSSR count). The SMILES string of the molecule is O=C(COC(=O)c1c(F)cccc1F)c1ccc2c(c1)CCC2. The predicted molar refractivity (Wildman–Crippen MR) is 79.4 cm³/mol. The summed E-state index contributed by atoms with van der Waals surface area (Å²) < 4.78 is 31.7. The Hall–Kier alpha value is -2.56. The minimum Gasteiger partial charge on any atom is -0.454 e. The second kappa shape index (κ2) is 6.28. The monoisotopic (exact) mass is 316 g/mol. The van der Waals surface area contributed by atoms with Crippen LogP contribution in [0, 0.1) is 11.6 Å². The number of fused-ring (bicyclic) bond motifs is 1. The molecule has 0 aromatic heterocycles. The first-order valence-corrected chi connectivity index (χ1v) is 7.32. The van der Waals surface area contributed by atoms with Crippen LogP contribution < -0.4 is 0 Å². The van der Waals surface area contributed by atoms with Gasteiger partial charge in [0.15, 0.2) is 12.4 Å². The summed E-state index contributed by atoms with van der Waals surface area (Å²) in [6.45, 7) is -0.550. The zero-order chi connectivity index (χ0) is 16.4. The summed E-state index contributed by atoms with van der Waals surface area (Å²) in [4.78, 5) is 23.8. The first-order valence-electron chi connectivity index (χ1n) is 7.32. The summed E-state index contributed by atoms with van der Waals surface area (Å²) in [5, 5.41) is 0. The molecule has 1 aliphatic carbocycles. The molecule has 118 valence electrons. The minimum atomic E-state index is -1.19. The van der Waals surface area contributed by atoms with E-state index in [1.807, 2.05) is 6.07 Å². The highest BCUT2D eigenvalue weighted by Crippen LogP contribution is 2.23. The first-order chi connectivity index (χ1) is 11.1. The molecule has 2 aromatic carbocycles. The Morgan fingerprint density at radius 2 is 1.70 bits per heavy atom. The highest BCUT2D eigenvalue weighted by atomic mass is 19.1. The molecule has 0 radical (unpaired) electrons. The van der Waals surface area contributed by atoms with Crippen LogP contribution >= 0.6 is 0 Å². The number of carbonyl (C=O) groups excluding carboxylic acids is 2. The fourth-order valence-electron chi connectivity index (χ4n) is 2.72. The number of hydrogen-bond donors (Lipinski definition) is 0. The van der Waals surface area contributed by atoms with Crippen molar-refractivity contribution in [3.05, 3.63) is 70.3 Å². The van der Waals surface area contributed by atoms with E-state index < -0.39 is 35.6 Å². The third-order valence-electron chi connectivity index (χ3n) is 3.92. The molecule has 23 heavy (non-hydrogen) atoms. The highest BCUT2D eigenvalue weighted by Gasteiger charge is 2.20. The standard InChI is InChI=1S/C18H14F2O3/c19-14-5-2-6-15(20)17(14)18(22)23-10-16(21)13-8-7-11-3-1-4-12(11)9-13/h2,5-9H,1,3-4,10H2. The Labute approximate surface area is 131 Å². The van der Waals surface area contributed by atoms with Gasteiger partial charge >= 0.3 is 5.97 Å². The van der Waals surface area contributed by atoms with Crippen LogP contribution in [0.5, 0.6) is 0 Å². The number of ether oxygens (including phenoxy) is 1. The first kappa shape index (κ1) is 15.3. The average Bonchev–Trinajstić information content (AvgIpc) is 3.00. The molecule has 0 unspecified atom stereocenters. The molecule has 0 aliphatic heterocycles. The zero-order valence-electron chi connectivity index (χ0n) is 12.3. The van der Waals surface area contributed by atoms with E-state index in [-0.39, 0.29) is 0 Å². The van der Waals surface area contributed by atoms with Crippen LogP contribution in [0.15, 0.2) is 36.4 Å². The Morgan fingerprint density at radius 1 is 1.00 bits per heavy atom. The second-order valence-electron chi connectivity index (χ2n) is 5.43. The molecule has 0 bridgehead atoms. The third-order valence-corrected chi connectivity index (χ3v) is 3.92. The Kier molecular flexibility index (Phi) is 4.19. The van der Waals surface area contributed by atoms with Crippen LogP contribution in [0.3, 0.4) is 0 Å². The number of halogens is 2. The van der Waals surface area contributed by atoms with E-state index in [4.69, 9.17) is 4.74 Å². The molecule has 0 heterocycles. The Bertz CT molecular complexity index is 764. The highest BCUT2D eigenvalue weighted by molar-refractivity contribution is 5.99. The van der Waals surface area contributed by atoms with Gasteiger partial charge in [0.1, 0.15) is 17.2 Å². The van der Waals surface area contributed by atoms with Gasteiger partial charge in [-0.1, -0.05) is 18.2 Å². The molecule has 0 amide bonds. The maximum atomic E-state index is 13.5. The van der Waals surface area contributed by atoms with Gasteiger partial charge in [-0.05, 0) is 48.6 Å². The van der Waals surface area contributed by atoms with E-state index in [0.717, 1.165) is 43.0 Å². The van der Waals surface area contributed by atoms with Gasteiger partial charge in [-0.25, -0.2) is 13.6 Å². The van der Waals surface area contributed by atoms with Crippen molar-refractivity contribution in [2.75, 3.05) is 6.61 Å². The lowest BCUT2D eigenvalue weighted by atomic mass is 10.0. The van der Waals surface area contributed by atoms with E-state index >= 15 is 0 Å². The quantitative estimate of drug-likeness (QED) is 0.640. The normalized spacial score (nSPS) is 12.8. The van der Waals surface area contributed by atoms with Crippen LogP contribution in [-0.4, -0.2) is 18.4 Å². The summed E-state index contributed by atoms with van der Waals surface area (Å²) in [6.07, 6.45) is 3.00. The number of rotatable bonds is 4. The van der Waals surface area contributed by atoms with E-state index in [0.29, 0.717) is 5.56 Å². The summed E-state index contributed by atoms with van der Waals surface area (Å²) in [6, 6.07) is 8.45. The van der Waals surface area contributed by atoms with Gasteiger partial charge in [0.05, 0.1) is 0 Å². The van der Waals surface area contributed by atoms with Gasteiger partial charge in [0.25, 0.3) is 0 Å². The minimum absolute atomic E-state index is 0.398. The molecule has 0 saturated heterocycles. The van der Waals surface area contributed by atoms with Crippen LogP contribution in [0.1, 0.15) is 38.3 Å². The van der Waals surface area contributed by atoms with Crippen molar-refractivity contribution in [1.82, 2.24) is 0 Å². The van der Waals surface area contributed by atoms with Gasteiger partial charge in [-0.2, -0.15) is 0 Å². The van der Waals surface area contributed by atoms with Crippen molar-refractivity contribution in [3.63, 3.8) is 0 Å². The Balaban J connectivity index is 1.68. The number of benzene rings is 2. The van der Waals surface area contributed by atoms with E-state index in [2.05, 4.69) is 0 Å². The van der Waals surface area contributed by atoms with Gasteiger partial charge in [-0.15, -0.1) is 0 Å². The topological polar surface area (TPSA) is 43.4 Å². The zero-order valence-corrected chi connectivity index (χ0v) is 12.3. The molecule has 0 spiro atoms. The molecule has 5 heteroatoms. The molecule has 0 N–H and O–H groups in total. The van der Waals surface area contributed by atoms with Crippen molar-refractivity contribution in [1.29, 1.82) is 0 Å². The summed E-state index contributed by atoms with van der Waals surface area (Å²) >= 11 is 0. The summed E-state index contributed by atoms with van der Waals surface area (Å²) in [7, 11) is 0. The van der Waals surface area contributed by atoms with Crippen molar-refractivity contribution in [3.8, 4) is 0 Å². The van der Waals surface area contributed by atoms with Gasteiger partial charge in [-0.3, -0.25) is 4.79 Å². The number of ketones is 1. The predicted octanol–water partition coefficient (Wildman–Crippen LogP) is 3.49. The molecule has 0 saturated carbocycles. The van der Waals surface area contributed by atoms with Gasteiger partial charge < -0.3 is 4.74 Å². The average molecular weight is 316 g/mol. The van der Waals surface area contributed by atoms with Crippen molar-refractivity contribution >= 4 is 11.8 Å². The maximum absolute atomic E-state index is 13.5. The molecule has 0 fully saturated rings.